The van der Waals surface area contributed by atoms with Gasteiger partial charge in [0.1, 0.15) is 103 Å². The van der Waals surface area contributed by atoms with E-state index >= 15 is 0 Å². The Kier molecular flexibility index (Phi) is 13.9. The molecule has 0 radical (unpaired) electrons. The minimum atomic E-state index is -2.12. The van der Waals surface area contributed by atoms with Crippen molar-refractivity contribution in [3.63, 3.8) is 0 Å². The van der Waals surface area contributed by atoms with Crippen LogP contribution in [0.4, 0.5) is 0 Å². The minimum absolute atomic E-state index is 0.0453. The second-order valence-electron chi connectivity index (χ2n) is 14.2. The molecule has 0 aliphatic carbocycles. The van der Waals surface area contributed by atoms with Gasteiger partial charge in [0.15, 0.2) is 30.0 Å². The molecule has 16 unspecified atom stereocenters. The molecule has 2 aromatic carbocycles. The number of phenols is 3. The maximum Gasteiger partial charge on any atom is 0.317 e. The first-order valence-corrected chi connectivity index (χ1v) is 18.2. The Labute approximate surface area is 337 Å². The van der Waals surface area contributed by atoms with E-state index < -0.39 is 154 Å². The first-order chi connectivity index (χ1) is 28.4. The zero-order valence-electron chi connectivity index (χ0n) is 30.9. The number of benzene rings is 2. The third-order valence-electron chi connectivity index (χ3n) is 10.0. The third-order valence-corrected chi connectivity index (χ3v) is 10.0. The number of aliphatic carboxylic acids is 1. The van der Waals surface area contributed by atoms with Crippen LogP contribution >= 0.6 is 0 Å². The fourth-order valence-corrected chi connectivity index (χ4v) is 6.75. The highest BCUT2D eigenvalue weighted by Crippen LogP contribution is 2.47. The van der Waals surface area contributed by atoms with Crippen LogP contribution in [-0.4, -0.2) is 195 Å². The van der Waals surface area contributed by atoms with Gasteiger partial charge >= 0.3 is 11.9 Å². The van der Waals surface area contributed by atoms with E-state index in [4.69, 9.17) is 43.0 Å². The van der Waals surface area contributed by atoms with Gasteiger partial charge in [0.05, 0.1) is 18.8 Å². The normalized spacial score (nSPS) is 36.6. The third kappa shape index (κ3) is 9.31. The Hall–Kier alpha value is -4.64. The van der Waals surface area contributed by atoms with E-state index in [0.29, 0.717) is 0 Å². The Morgan fingerprint density at radius 3 is 1.87 bits per heavy atom. The number of hydrogen-bond donors (Lipinski definition) is 14. The van der Waals surface area contributed by atoms with Crippen LogP contribution in [0.1, 0.15) is 23.7 Å². The van der Waals surface area contributed by atoms with Crippen molar-refractivity contribution in [3.05, 3.63) is 47.2 Å². The lowest BCUT2D eigenvalue weighted by molar-refractivity contribution is -0.364. The Balaban J connectivity index is 1.41. The van der Waals surface area contributed by atoms with E-state index in [9.17, 15) is 76.0 Å². The van der Waals surface area contributed by atoms with E-state index in [2.05, 4.69) is 0 Å². The standard InChI is InChI=1S/C36H44O24/c37-8-19-24(45)27(48)30(51)34(57-19)55-17-5-12(39)4-16-13(17)6-18(32(54-16)11-1-2-14(40)15(41)3-11)56-36-33(60-35-31(52)28(49)25(46)20(9-38)58-35)29(50)26(47)21(59-36)10-53-23(44)7-22(42)43/h1-6,19-21,24-41,45-52H,7-10H2,(H,42,43). The number of aliphatic hydroxyl groups excluding tert-OH is 10. The van der Waals surface area contributed by atoms with E-state index in [-0.39, 0.29) is 28.4 Å². The van der Waals surface area contributed by atoms with Gasteiger partial charge in [-0.2, -0.15) is 0 Å². The van der Waals surface area contributed by atoms with E-state index in [0.717, 1.165) is 24.3 Å². The lowest BCUT2D eigenvalue weighted by Crippen LogP contribution is -2.64. The van der Waals surface area contributed by atoms with Crippen LogP contribution in [-0.2, 0) is 38.0 Å². The monoisotopic (exact) mass is 860 g/mol. The molecule has 24 nitrogen and oxygen atoms in total. The Morgan fingerprint density at radius 1 is 0.650 bits per heavy atom. The fraction of sp³-hybridized carbons (Fsp3) is 0.556. The van der Waals surface area contributed by atoms with E-state index in [1.807, 2.05) is 0 Å². The molecular weight excluding hydrogens is 816 g/mol. The number of carbonyl (C=O) groups excluding carboxylic acids is 1. The van der Waals surface area contributed by atoms with Crippen LogP contribution in [0.25, 0.3) is 6.08 Å². The largest absolute Gasteiger partial charge is 0.508 e. The quantitative estimate of drug-likeness (QED) is 0.0510. The van der Waals surface area contributed by atoms with Gasteiger partial charge < -0.3 is 109 Å². The van der Waals surface area contributed by atoms with Gasteiger partial charge in [-0.3, -0.25) is 9.59 Å². The molecule has 24 heteroatoms. The summed E-state index contributed by atoms with van der Waals surface area (Å²) in [4.78, 5) is 23.1. The topological polar surface area (TPSA) is 391 Å². The van der Waals surface area contributed by atoms with Crippen molar-refractivity contribution >= 4 is 18.0 Å². The second kappa shape index (κ2) is 18.5. The zero-order valence-corrected chi connectivity index (χ0v) is 30.9. The fourth-order valence-electron chi connectivity index (χ4n) is 6.75. The van der Waals surface area contributed by atoms with E-state index in [1.165, 1.54) is 12.1 Å². The predicted molar refractivity (Wildman–Crippen MR) is 187 cm³/mol. The van der Waals surface area contributed by atoms with Gasteiger partial charge in [-0.05, 0) is 18.2 Å². The second-order valence-corrected chi connectivity index (χ2v) is 14.2. The van der Waals surface area contributed by atoms with Crippen LogP contribution in [0.3, 0.4) is 0 Å². The molecule has 0 saturated carbocycles. The number of hydrogen-bond acceptors (Lipinski definition) is 23. The molecule has 0 bridgehead atoms. The van der Waals surface area contributed by atoms with Crippen LogP contribution < -0.4 is 9.47 Å². The molecule has 0 aromatic heterocycles. The van der Waals surface area contributed by atoms with Gasteiger partial charge in [0.2, 0.25) is 12.6 Å². The number of rotatable bonds is 13. The predicted octanol–water partition coefficient (Wildman–Crippen LogP) is -4.88. The number of carbonyl (C=O) groups is 2. The number of phenolic OH excluding ortho intramolecular Hbond substituents is 3. The van der Waals surface area contributed by atoms with Crippen molar-refractivity contribution in [1.29, 1.82) is 0 Å². The molecular formula is C36H44O24. The Bertz CT molecular complexity index is 1870. The van der Waals surface area contributed by atoms with Crippen LogP contribution in [0.15, 0.2) is 36.1 Å². The summed E-state index contributed by atoms with van der Waals surface area (Å²) in [6, 6.07) is 5.56. The van der Waals surface area contributed by atoms with Crippen molar-refractivity contribution < 1.29 is 119 Å². The summed E-state index contributed by atoms with van der Waals surface area (Å²) in [5, 5.41) is 145. The molecule has 14 N–H and O–H groups in total. The summed E-state index contributed by atoms with van der Waals surface area (Å²) < 4.78 is 45.7. The highest BCUT2D eigenvalue weighted by molar-refractivity contribution is 5.90. The van der Waals surface area contributed by atoms with Gasteiger partial charge in [-0.1, -0.05) is 6.07 Å². The number of esters is 1. The highest BCUT2D eigenvalue weighted by Gasteiger charge is 2.53. The molecule has 6 rings (SSSR count). The van der Waals surface area contributed by atoms with Crippen LogP contribution in [0, 0.1) is 0 Å². The molecule has 3 fully saturated rings. The summed E-state index contributed by atoms with van der Waals surface area (Å²) in [5.74, 6) is -5.32. The molecule has 16 atom stereocenters. The number of ether oxygens (including phenoxy) is 8. The maximum atomic E-state index is 12.1. The van der Waals surface area contributed by atoms with Crippen molar-refractivity contribution in [3.8, 4) is 28.7 Å². The molecule has 4 aliphatic rings. The lowest BCUT2D eigenvalue weighted by atomic mass is 9.97. The number of carboxylic acids is 1. The van der Waals surface area contributed by atoms with Gasteiger partial charge in [0, 0.05) is 17.7 Å². The maximum absolute atomic E-state index is 12.1. The average molecular weight is 861 g/mol. The van der Waals surface area contributed by atoms with Crippen molar-refractivity contribution in [2.24, 2.45) is 0 Å². The summed E-state index contributed by atoms with van der Waals surface area (Å²) in [6.07, 6.45) is -29.2. The first kappa shape index (κ1) is 44.9. The number of fused-ring (bicyclic) bond motifs is 1. The average Bonchev–Trinajstić information content (AvgIpc) is 3.20. The minimum Gasteiger partial charge on any atom is -0.508 e. The molecule has 3 saturated heterocycles. The van der Waals surface area contributed by atoms with Crippen LogP contribution in [0.5, 0.6) is 28.7 Å². The van der Waals surface area contributed by atoms with Crippen LogP contribution in [0.2, 0.25) is 0 Å². The molecule has 4 aliphatic heterocycles. The summed E-state index contributed by atoms with van der Waals surface area (Å²) in [5.41, 5.74) is -0.0511. The van der Waals surface area contributed by atoms with Gasteiger partial charge in [-0.25, -0.2) is 0 Å². The molecule has 2 aromatic rings. The van der Waals surface area contributed by atoms with Crippen molar-refractivity contribution in [2.45, 2.75) is 105 Å². The van der Waals surface area contributed by atoms with Gasteiger partial charge in [0.25, 0.3) is 0 Å². The zero-order chi connectivity index (χ0) is 43.7. The molecule has 332 valence electrons. The first-order valence-electron chi connectivity index (χ1n) is 18.2. The molecule has 4 heterocycles. The Morgan fingerprint density at radius 2 is 1.25 bits per heavy atom. The SMILES string of the molecule is O=C(O)CC(=O)OCC1OC(OC2=Cc3c(cc(O)cc3OC3OC(CO)C(O)C(O)C3O)OC2c2ccc(O)c(O)c2)C(OC2OC(CO)C(O)C(O)C2O)C(O)C1O. The van der Waals surface area contributed by atoms with E-state index in [1.54, 1.807) is 0 Å². The summed E-state index contributed by atoms with van der Waals surface area (Å²) >= 11 is 0. The highest BCUT2D eigenvalue weighted by atomic mass is 16.8. The molecule has 0 amide bonds. The van der Waals surface area contributed by atoms with Crippen molar-refractivity contribution in [2.75, 3.05) is 19.8 Å². The molecule has 0 spiro atoms. The summed E-state index contributed by atoms with van der Waals surface area (Å²) in [7, 11) is 0. The van der Waals surface area contributed by atoms with Gasteiger partial charge in [-0.15, -0.1) is 0 Å². The number of carboxylic acid groups (broad SMARTS) is 1. The smallest absolute Gasteiger partial charge is 0.317 e. The lowest BCUT2D eigenvalue weighted by Gasteiger charge is -2.46. The molecule has 60 heavy (non-hydrogen) atoms. The number of aromatic hydroxyl groups is 3. The number of aliphatic hydroxyl groups is 10. The summed E-state index contributed by atoms with van der Waals surface area (Å²) in [6.45, 7) is -2.56. The van der Waals surface area contributed by atoms with Crippen molar-refractivity contribution in [1.82, 2.24) is 0 Å².